The highest BCUT2D eigenvalue weighted by molar-refractivity contribution is 9.10. The summed E-state index contributed by atoms with van der Waals surface area (Å²) in [5, 5.41) is 21.0. The number of aromatic nitrogens is 2. The van der Waals surface area contributed by atoms with Crippen LogP contribution in [-0.2, 0) is 0 Å². The number of hydrogen-bond acceptors (Lipinski definition) is 5. The Balaban J connectivity index is 2.28. The van der Waals surface area contributed by atoms with E-state index in [2.05, 4.69) is 31.2 Å². The van der Waals surface area contributed by atoms with Crippen LogP contribution in [0.25, 0.3) is 11.0 Å². The zero-order chi connectivity index (χ0) is 12.3. The third kappa shape index (κ3) is 2.91. The molecule has 2 rings (SSSR count). The van der Waals surface area contributed by atoms with Gasteiger partial charge in [-0.3, -0.25) is 9.97 Å². The first-order valence-electron chi connectivity index (χ1n) is 5.14. The van der Waals surface area contributed by atoms with Gasteiger partial charge in [-0.2, -0.15) is 0 Å². The number of hydrogen-bond donors (Lipinski definition) is 3. The van der Waals surface area contributed by atoms with Crippen molar-refractivity contribution in [2.75, 3.05) is 18.5 Å². The molecular weight excluding hydrogens is 286 g/mol. The Labute approximate surface area is 107 Å². The van der Waals surface area contributed by atoms with Crippen LogP contribution in [0, 0.1) is 0 Å². The molecule has 0 aliphatic heterocycles. The van der Waals surface area contributed by atoms with Crippen LogP contribution in [0.3, 0.4) is 0 Å². The number of rotatable bonds is 4. The Hall–Kier alpha value is -1.24. The lowest BCUT2D eigenvalue weighted by Gasteiger charge is -2.11. The van der Waals surface area contributed by atoms with Gasteiger partial charge in [-0.15, -0.1) is 0 Å². The van der Waals surface area contributed by atoms with Crippen LogP contribution in [0.15, 0.2) is 29.0 Å². The molecule has 3 N–H and O–H groups in total. The lowest BCUT2D eigenvalue weighted by atomic mass is 10.2. The van der Waals surface area contributed by atoms with Crippen LogP contribution in [0.2, 0.25) is 0 Å². The zero-order valence-corrected chi connectivity index (χ0v) is 10.6. The lowest BCUT2D eigenvalue weighted by Crippen LogP contribution is -2.23. The Bertz CT molecular complexity index is 521. The monoisotopic (exact) mass is 297 g/mol. The molecule has 17 heavy (non-hydrogen) atoms. The van der Waals surface area contributed by atoms with E-state index in [9.17, 15) is 5.11 Å². The summed E-state index contributed by atoms with van der Waals surface area (Å²) in [5.74, 6) is 0. The van der Waals surface area contributed by atoms with Crippen LogP contribution < -0.4 is 5.32 Å². The lowest BCUT2D eigenvalue weighted by molar-refractivity contribution is 0.105. The van der Waals surface area contributed by atoms with Gasteiger partial charge in [0.25, 0.3) is 0 Å². The van der Waals surface area contributed by atoms with Crippen LogP contribution in [-0.4, -0.2) is 39.4 Å². The zero-order valence-electron chi connectivity index (χ0n) is 8.97. The fraction of sp³-hybridized carbons (Fsp3) is 0.273. The van der Waals surface area contributed by atoms with E-state index < -0.39 is 6.10 Å². The van der Waals surface area contributed by atoms with E-state index in [4.69, 9.17) is 5.11 Å². The average Bonchev–Trinajstić information content (AvgIpc) is 2.35. The number of anilines is 1. The molecular formula is C11H12BrN3O2. The predicted molar refractivity (Wildman–Crippen MR) is 68.8 cm³/mol. The second-order valence-electron chi connectivity index (χ2n) is 3.60. The van der Waals surface area contributed by atoms with E-state index >= 15 is 0 Å². The summed E-state index contributed by atoms with van der Waals surface area (Å²) >= 11 is 3.33. The Morgan fingerprint density at radius 1 is 1.41 bits per heavy atom. The molecule has 0 saturated heterocycles. The number of fused-ring (bicyclic) bond motifs is 1. The molecule has 1 unspecified atom stereocenters. The third-order valence-corrected chi connectivity index (χ3v) is 2.72. The van der Waals surface area contributed by atoms with Gasteiger partial charge in [-0.1, -0.05) is 0 Å². The van der Waals surface area contributed by atoms with E-state index in [1.165, 1.54) is 0 Å². The number of aliphatic hydroxyl groups excluding tert-OH is 2. The van der Waals surface area contributed by atoms with Gasteiger partial charge >= 0.3 is 0 Å². The molecule has 5 nitrogen and oxygen atoms in total. The molecule has 2 aromatic rings. The van der Waals surface area contributed by atoms with Gasteiger partial charge in [0.2, 0.25) is 0 Å². The smallest absolute Gasteiger partial charge is 0.112 e. The quantitative estimate of drug-likeness (QED) is 0.789. The summed E-state index contributed by atoms with van der Waals surface area (Å²) in [4.78, 5) is 8.47. The maximum absolute atomic E-state index is 9.28. The van der Waals surface area contributed by atoms with Gasteiger partial charge in [0.1, 0.15) is 5.52 Å². The minimum Gasteiger partial charge on any atom is -0.394 e. The van der Waals surface area contributed by atoms with E-state index in [-0.39, 0.29) is 13.2 Å². The highest BCUT2D eigenvalue weighted by atomic mass is 79.9. The molecule has 0 bridgehead atoms. The number of halogens is 1. The van der Waals surface area contributed by atoms with E-state index in [0.717, 1.165) is 21.2 Å². The van der Waals surface area contributed by atoms with Crippen molar-refractivity contribution in [3.8, 4) is 0 Å². The second kappa shape index (κ2) is 5.39. The molecule has 2 aromatic heterocycles. The van der Waals surface area contributed by atoms with Gasteiger partial charge in [-0.25, -0.2) is 0 Å². The molecule has 0 spiro atoms. The highest BCUT2D eigenvalue weighted by Crippen LogP contribution is 2.21. The summed E-state index contributed by atoms with van der Waals surface area (Å²) in [5.41, 5.74) is 2.29. The van der Waals surface area contributed by atoms with Crippen molar-refractivity contribution in [1.29, 1.82) is 0 Å². The van der Waals surface area contributed by atoms with Crippen molar-refractivity contribution in [2.45, 2.75) is 6.10 Å². The van der Waals surface area contributed by atoms with Crippen LogP contribution >= 0.6 is 15.9 Å². The summed E-state index contributed by atoms with van der Waals surface area (Å²) in [6.45, 7) is 0.00233. The van der Waals surface area contributed by atoms with Gasteiger partial charge < -0.3 is 15.5 Å². The SMILES string of the molecule is OCC(O)CNc1ccnc2cc(Br)cnc12. The van der Waals surface area contributed by atoms with Crippen LogP contribution in [0.1, 0.15) is 0 Å². The van der Waals surface area contributed by atoms with Crippen molar-refractivity contribution < 1.29 is 10.2 Å². The molecule has 90 valence electrons. The van der Waals surface area contributed by atoms with Gasteiger partial charge in [-0.05, 0) is 28.1 Å². The molecule has 2 heterocycles. The summed E-state index contributed by atoms with van der Waals surface area (Å²) < 4.78 is 0.866. The second-order valence-corrected chi connectivity index (χ2v) is 4.51. The van der Waals surface area contributed by atoms with Crippen molar-refractivity contribution >= 4 is 32.7 Å². The third-order valence-electron chi connectivity index (χ3n) is 2.28. The van der Waals surface area contributed by atoms with Gasteiger partial charge in [0, 0.05) is 23.4 Å². The molecule has 0 fully saturated rings. The number of nitrogens with one attached hydrogen (secondary N) is 1. The predicted octanol–water partition coefficient (Wildman–Crippen LogP) is 1.16. The molecule has 0 amide bonds. The summed E-state index contributed by atoms with van der Waals surface area (Å²) in [6, 6.07) is 3.66. The first-order chi connectivity index (χ1) is 8.20. The van der Waals surface area contributed by atoms with Gasteiger partial charge in [0.15, 0.2) is 0 Å². The molecule has 0 aliphatic rings. The van der Waals surface area contributed by atoms with E-state index in [1.807, 2.05) is 6.07 Å². The maximum Gasteiger partial charge on any atom is 0.112 e. The van der Waals surface area contributed by atoms with Crippen molar-refractivity contribution in [3.05, 3.63) is 29.0 Å². The van der Waals surface area contributed by atoms with Crippen molar-refractivity contribution in [1.82, 2.24) is 9.97 Å². The first kappa shape index (κ1) is 12.2. The number of aliphatic hydroxyl groups is 2. The van der Waals surface area contributed by atoms with E-state index in [0.29, 0.717) is 0 Å². The maximum atomic E-state index is 9.28. The summed E-state index contributed by atoms with van der Waals surface area (Å²) in [6.07, 6.45) is 2.58. The van der Waals surface area contributed by atoms with Gasteiger partial charge in [0.05, 0.1) is 23.9 Å². The average molecular weight is 298 g/mol. The largest absolute Gasteiger partial charge is 0.394 e. The fourth-order valence-corrected chi connectivity index (χ4v) is 1.76. The van der Waals surface area contributed by atoms with Crippen molar-refractivity contribution in [3.63, 3.8) is 0 Å². The van der Waals surface area contributed by atoms with Crippen LogP contribution in [0.4, 0.5) is 5.69 Å². The molecule has 6 heteroatoms. The normalized spacial score (nSPS) is 12.6. The Kier molecular flexibility index (Phi) is 3.88. The molecule has 0 radical (unpaired) electrons. The Morgan fingerprint density at radius 2 is 2.24 bits per heavy atom. The van der Waals surface area contributed by atoms with Crippen LogP contribution in [0.5, 0.6) is 0 Å². The summed E-state index contributed by atoms with van der Waals surface area (Å²) in [7, 11) is 0. The number of pyridine rings is 2. The standard InChI is InChI=1S/C11H12BrN3O2/c12-7-3-10-11(15-4-7)9(1-2-13-10)14-5-8(17)6-16/h1-4,8,16-17H,5-6H2,(H,13,14). The molecule has 1 atom stereocenters. The minimum absolute atomic E-state index is 0.269. The fourth-order valence-electron chi connectivity index (χ4n) is 1.44. The highest BCUT2D eigenvalue weighted by Gasteiger charge is 2.06. The molecule has 0 saturated carbocycles. The van der Waals surface area contributed by atoms with Crippen molar-refractivity contribution in [2.24, 2.45) is 0 Å². The topological polar surface area (TPSA) is 78.3 Å². The van der Waals surface area contributed by atoms with E-state index in [1.54, 1.807) is 18.5 Å². The molecule has 0 aromatic carbocycles. The minimum atomic E-state index is -0.784. The first-order valence-corrected chi connectivity index (χ1v) is 5.93. The number of nitrogens with zero attached hydrogens (tertiary/aromatic N) is 2. The molecule has 0 aliphatic carbocycles. The Morgan fingerprint density at radius 3 is 3.00 bits per heavy atom.